The lowest BCUT2D eigenvalue weighted by molar-refractivity contribution is -0.123. The van der Waals surface area contributed by atoms with Crippen molar-refractivity contribution in [3.8, 4) is 0 Å². The first-order valence-electron chi connectivity index (χ1n) is 4.81. The van der Waals surface area contributed by atoms with Crippen LogP contribution >= 0.6 is 0 Å². The lowest BCUT2D eigenvalue weighted by Gasteiger charge is -2.16. The maximum atomic E-state index is 11.4. The van der Waals surface area contributed by atoms with Crippen molar-refractivity contribution in [2.75, 3.05) is 25.7 Å². The van der Waals surface area contributed by atoms with E-state index in [1.165, 1.54) is 7.11 Å². The number of rotatable bonds is 7. The predicted molar refractivity (Wildman–Crippen MR) is 61.0 cm³/mol. The van der Waals surface area contributed by atoms with Gasteiger partial charge in [-0.2, -0.15) is 0 Å². The number of carbonyl (C=O) groups is 1. The molecular formula is C9H20N2O3S. The van der Waals surface area contributed by atoms with Crippen LogP contribution < -0.4 is 11.1 Å². The lowest BCUT2D eigenvalue weighted by atomic mass is 10.2. The maximum Gasteiger partial charge on any atom is 0.222 e. The molecule has 5 nitrogen and oxygen atoms in total. The van der Waals surface area contributed by atoms with E-state index >= 15 is 0 Å². The lowest BCUT2D eigenvalue weighted by Crippen LogP contribution is -2.39. The topological polar surface area (TPSA) is 81.4 Å². The molecule has 0 aromatic rings. The summed E-state index contributed by atoms with van der Waals surface area (Å²) in [6.45, 7) is 2.14. The molecule has 3 atom stereocenters. The Morgan fingerprint density at radius 2 is 2.20 bits per heavy atom. The Bertz CT molecular complexity index is 219. The van der Waals surface area contributed by atoms with Gasteiger partial charge in [-0.15, -0.1) is 0 Å². The van der Waals surface area contributed by atoms with Gasteiger partial charge < -0.3 is 15.8 Å². The Kier molecular flexibility index (Phi) is 7.54. The highest BCUT2D eigenvalue weighted by atomic mass is 32.2. The van der Waals surface area contributed by atoms with Crippen molar-refractivity contribution in [3.05, 3.63) is 0 Å². The Balaban J connectivity index is 3.86. The van der Waals surface area contributed by atoms with Gasteiger partial charge in [0, 0.05) is 42.5 Å². The standard InChI is InChI=1S/C9H20N2O3S/c1-7(6-15(3)13)11-9(12)4-8(5-10)14-2/h7-8H,4-6,10H2,1-3H3,(H,11,12). The van der Waals surface area contributed by atoms with Gasteiger partial charge in [0.2, 0.25) is 5.91 Å². The number of amides is 1. The summed E-state index contributed by atoms with van der Waals surface area (Å²) in [5.41, 5.74) is 5.39. The molecule has 0 heterocycles. The third kappa shape index (κ3) is 7.47. The molecule has 0 aromatic carbocycles. The van der Waals surface area contributed by atoms with Crippen molar-refractivity contribution in [1.29, 1.82) is 0 Å². The summed E-state index contributed by atoms with van der Waals surface area (Å²) < 4.78 is 15.9. The van der Waals surface area contributed by atoms with Crippen molar-refractivity contribution in [2.24, 2.45) is 5.73 Å². The maximum absolute atomic E-state index is 11.4. The third-order valence-electron chi connectivity index (χ3n) is 1.90. The molecule has 0 aliphatic rings. The zero-order valence-electron chi connectivity index (χ0n) is 9.49. The summed E-state index contributed by atoms with van der Waals surface area (Å²) in [4.78, 5) is 11.4. The molecule has 0 radical (unpaired) electrons. The third-order valence-corrected chi connectivity index (χ3v) is 2.87. The average molecular weight is 236 g/mol. The van der Waals surface area contributed by atoms with Gasteiger partial charge in [-0.25, -0.2) is 0 Å². The number of hydrogen-bond donors (Lipinski definition) is 2. The van der Waals surface area contributed by atoms with Gasteiger partial charge in [0.1, 0.15) is 0 Å². The summed E-state index contributed by atoms with van der Waals surface area (Å²) in [6, 6.07) is -0.0846. The molecule has 0 spiro atoms. The van der Waals surface area contributed by atoms with Crippen LogP contribution in [0.1, 0.15) is 13.3 Å². The monoisotopic (exact) mass is 236 g/mol. The van der Waals surface area contributed by atoms with Crippen LogP contribution in [0.2, 0.25) is 0 Å². The molecule has 0 rings (SSSR count). The fourth-order valence-electron chi connectivity index (χ4n) is 1.20. The molecule has 15 heavy (non-hydrogen) atoms. The molecule has 3 unspecified atom stereocenters. The Morgan fingerprint density at radius 3 is 2.60 bits per heavy atom. The zero-order chi connectivity index (χ0) is 11.8. The van der Waals surface area contributed by atoms with Crippen LogP contribution in [0, 0.1) is 0 Å². The van der Waals surface area contributed by atoms with E-state index in [1.807, 2.05) is 6.92 Å². The summed E-state index contributed by atoms with van der Waals surface area (Å²) in [5.74, 6) is 0.344. The molecule has 6 heteroatoms. The SMILES string of the molecule is COC(CN)CC(=O)NC(C)CS(C)=O. The van der Waals surface area contributed by atoms with E-state index in [4.69, 9.17) is 10.5 Å². The fraction of sp³-hybridized carbons (Fsp3) is 0.889. The molecule has 0 saturated heterocycles. The average Bonchev–Trinajstić information content (AvgIpc) is 2.12. The van der Waals surface area contributed by atoms with Gasteiger partial charge in [-0.3, -0.25) is 9.00 Å². The molecule has 0 saturated carbocycles. The molecule has 90 valence electrons. The second-order valence-corrected chi connectivity index (χ2v) is 4.99. The number of methoxy groups -OCH3 is 1. The van der Waals surface area contributed by atoms with Gasteiger partial charge in [0.15, 0.2) is 0 Å². The van der Waals surface area contributed by atoms with Crippen LogP contribution in [0.15, 0.2) is 0 Å². The van der Waals surface area contributed by atoms with Gasteiger partial charge >= 0.3 is 0 Å². The van der Waals surface area contributed by atoms with Crippen LogP contribution in [0.3, 0.4) is 0 Å². The highest BCUT2D eigenvalue weighted by Gasteiger charge is 2.13. The smallest absolute Gasteiger partial charge is 0.222 e. The van der Waals surface area contributed by atoms with E-state index in [0.29, 0.717) is 12.3 Å². The number of carbonyl (C=O) groups excluding carboxylic acids is 1. The second kappa shape index (κ2) is 7.78. The predicted octanol–water partition coefficient (Wildman–Crippen LogP) is -0.767. The molecule has 0 aromatic heterocycles. The van der Waals surface area contributed by atoms with Crippen LogP contribution in [0.4, 0.5) is 0 Å². The quantitative estimate of drug-likeness (QED) is 0.608. The molecule has 0 bridgehead atoms. The molecular weight excluding hydrogens is 216 g/mol. The van der Waals surface area contributed by atoms with E-state index in [1.54, 1.807) is 6.26 Å². The number of hydrogen-bond acceptors (Lipinski definition) is 4. The van der Waals surface area contributed by atoms with Crippen LogP contribution in [-0.2, 0) is 20.3 Å². The first-order valence-corrected chi connectivity index (χ1v) is 6.54. The Labute approximate surface area is 93.2 Å². The van der Waals surface area contributed by atoms with E-state index in [0.717, 1.165) is 0 Å². The van der Waals surface area contributed by atoms with Crippen molar-refractivity contribution in [1.82, 2.24) is 5.32 Å². The normalized spacial score (nSPS) is 16.8. The molecule has 3 N–H and O–H groups in total. The highest BCUT2D eigenvalue weighted by Crippen LogP contribution is 1.96. The largest absolute Gasteiger partial charge is 0.380 e. The van der Waals surface area contributed by atoms with E-state index in [9.17, 15) is 9.00 Å². The summed E-state index contributed by atoms with van der Waals surface area (Å²) in [7, 11) is 0.624. The highest BCUT2D eigenvalue weighted by molar-refractivity contribution is 7.84. The number of nitrogens with one attached hydrogen (secondary N) is 1. The van der Waals surface area contributed by atoms with Crippen molar-refractivity contribution in [2.45, 2.75) is 25.5 Å². The van der Waals surface area contributed by atoms with Crippen LogP contribution in [-0.4, -0.2) is 47.9 Å². The molecule has 0 aliphatic heterocycles. The molecule has 1 amide bonds. The van der Waals surface area contributed by atoms with Gasteiger partial charge in [-0.05, 0) is 6.92 Å². The van der Waals surface area contributed by atoms with E-state index in [2.05, 4.69) is 5.32 Å². The minimum Gasteiger partial charge on any atom is -0.380 e. The minimum atomic E-state index is -0.899. The number of ether oxygens (including phenoxy) is 1. The van der Waals surface area contributed by atoms with Crippen LogP contribution in [0.5, 0.6) is 0 Å². The molecule has 0 aliphatic carbocycles. The summed E-state index contributed by atoms with van der Waals surface area (Å²) in [5, 5.41) is 2.74. The van der Waals surface area contributed by atoms with Gasteiger partial charge in [0.25, 0.3) is 0 Å². The first kappa shape index (κ1) is 14.5. The Morgan fingerprint density at radius 1 is 1.60 bits per heavy atom. The van der Waals surface area contributed by atoms with Crippen molar-refractivity contribution in [3.63, 3.8) is 0 Å². The summed E-state index contributed by atoms with van der Waals surface area (Å²) >= 11 is 0. The van der Waals surface area contributed by atoms with Crippen molar-refractivity contribution < 1.29 is 13.7 Å². The molecule has 0 fully saturated rings. The minimum absolute atomic E-state index is 0.0846. The van der Waals surface area contributed by atoms with E-state index < -0.39 is 10.8 Å². The number of nitrogens with two attached hydrogens (primary N) is 1. The van der Waals surface area contributed by atoms with Crippen LogP contribution in [0.25, 0.3) is 0 Å². The van der Waals surface area contributed by atoms with Gasteiger partial charge in [-0.1, -0.05) is 0 Å². The van der Waals surface area contributed by atoms with Gasteiger partial charge in [0.05, 0.1) is 12.5 Å². The zero-order valence-corrected chi connectivity index (χ0v) is 10.3. The second-order valence-electron chi connectivity index (χ2n) is 3.51. The summed E-state index contributed by atoms with van der Waals surface area (Å²) in [6.07, 6.45) is 1.61. The Hall–Kier alpha value is -0.460. The van der Waals surface area contributed by atoms with Crippen molar-refractivity contribution >= 4 is 16.7 Å². The first-order chi connectivity index (χ1) is 6.99. The van der Waals surface area contributed by atoms with E-state index in [-0.39, 0.29) is 24.5 Å². The fourth-order valence-corrected chi connectivity index (χ4v) is 1.98.